The maximum atomic E-state index is 5.83. The predicted octanol–water partition coefficient (Wildman–Crippen LogP) is 2.43. The Labute approximate surface area is 78.7 Å². The van der Waals surface area contributed by atoms with Crippen LogP contribution in [-0.2, 0) is 4.74 Å². The van der Waals surface area contributed by atoms with Gasteiger partial charge in [0.05, 0.1) is 6.10 Å². The molecule has 1 fully saturated rings. The van der Waals surface area contributed by atoms with Crippen molar-refractivity contribution in [2.45, 2.75) is 25.9 Å². The molecule has 1 atom stereocenters. The van der Waals surface area contributed by atoms with Crippen LogP contribution in [0, 0.1) is 6.92 Å². The first-order valence-corrected chi connectivity index (χ1v) is 4.75. The molecule has 0 amide bonds. The smallest absolute Gasteiger partial charge is 0.0826 e. The monoisotopic (exact) mass is 177 g/mol. The maximum Gasteiger partial charge on any atom is 0.0826 e. The van der Waals surface area contributed by atoms with Crippen LogP contribution in [0.2, 0.25) is 0 Å². The lowest BCUT2D eigenvalue weighted by molar-refractivity contribution is 0.112. The topological polar surface area (TPSA) is 35.2 Å². The average molecular weight is 177 g/mol. The summed E-state index contributed by atoms with van der Waals surface area (Å²) in [6.07, 6.45) is 2.57. The van der Waals surface area contributed by atoms with E-state index in [2.05, 4.69) is 12.1 Å². The maximum absolute atomic E-state index is 5.83. The van der Waals surface area contributed by atoms with E-state index >= 15 is 0 Å². The molecule has 70 valence electrons. The zero-order valence-electron chi connectivity index (χ0n) is 7.92. The highest BCUT2D eigenvalue weighted by molar-refractivity contribution is 5.48. The average Bonchev–Trinajstić information content (AvgIpc) is 2.62. The van der Waals surface area contributed by atoms with E-state index in [4.69, 9.17) is 10.5 Å². The Morgan fingerprint density at radius 1 is 1.46 bits per heavy atom. The van der Waals surface area contributed by atoms with Crippen molar-refractivity contribution in [2.75, 3.05) is 12.3 Å². The van der Waals surface area contributed by atoms with Crippen LogP contribution in [0.25, 0.3) is 0 Å². The molecule has 1 saturated heterocycles. The van der Waals surface area contributed by atoms with Crippen LogP contribution in [0.1, 0.15) is 30.1 Å². The lowest BCUT2D eigenvalue weighted by Crippen LogP contribution is -1.98. The van der Waals surface area contributed by atoms with Crippen LogP contribution < -0.4 is 5.73 Å². The minimum Gasteiger partial charge on any atom is -0.399 e. The largest absolute Gasteiger partial charge is 0.399 e. The number of rotatable bonds is 1. The first-order chi connectivity index (χ1) is 6.27. The standard InChI is InChI=1S/C11H15NO/c1-8-4-5-9(7-10(8)12)11-3-2-6-13-11/h4-5,7,11H,2-3,6,12H2,1H3. The van der Waals surface area contributed by atoms with Crippen LogP contribution >= 0.6 is 0 Å². The van der Waals surface area contributed by atoms with Gasteiger partial charge in [-0.25, -0.2) is 0 Å². The molecule has 0 radical (unpaired) electrons. The molecule has 1 unspecified atom stereocenters. The van der Waals surface area contributed by atoms with E-state index in [1.54, 1.807) is 0 Å². The quantitative estimate of drug-likeness (QED) is 0.669. The van der Waals surface area contributed by atoms with Gasteiger partial charge in [-0.05, 0) is 37.0 Å². The molecule has 1 aliphatic heterocycles. The van der Waals surface area contributed by atoms with Crippen LogP contribution in [-0.4, -0.2) is 6.61 Å². The number of nitrogen functional groups attached to an aromatic ring is 1. The lowest BCUT2D eigenvalue weighted by atomic mass is 10.0. The Kier molecular flexibility index (Phi) is 2.23. The fourth-order valence-electron chi connectivity index (χ4n) is 1.70. The number of ether oxygens (including phenoxy) is 1. The van der Waals surface area contributed by atoms with Crippen molar-refractivity contribution < 1.29 is 4.74 Å². The van der Waals surface area contributed by atoms with Crippen molar-refractivity contribution in [2.24, 2.45) is 0 Å². The molecule has 0 bridgehead atoms. The van der Waals surface area contributed by atoms with Crippen molar-refractivity contribution in [1.29, 1.82) is 0 Å². The summed E-state index contributed by atoms with van der Waals surface area (Å²) >= 11 is 0. The third kappa shape index (κ3) is 1.68. The van der Waals surface area contributed by atoms with Gasteiger partial charge in [-0.3, -0.25) is 0 Å². The van der Waals surface area contributed by atoms with Crippen molar-refractivity contribution >= 4 is 5.69 Å². The number of hydrogen-bond donors (Lipinski definition) is 1. The zero-order chi connectivity index (χ0) is 9.26. The normalized spacial score (nSPS) is 22.1. The molecule has 2 rings (SSSR count). The summed E-state index contributed by atoms with van der Waals surface area (Å²) < 4.78 is 5.58. The van der Waals surface area contributed by atoms with E-state index in [0.717, 1.165) is 24.3 Å². The van der Waals surface area contributed by atoms with Crippen molar-refractivity contribution in [3.8, 4) is 0 Å². The Morgan fingerprint density at radius 3 is 2.92 bits per heavy atom. The molecule has 1 aromatic rings. The van der Waals surface area contributed by atoms with Gasteiger partial charge in [0.15, 0.2) is 0 Å². The van der Waals surface area contributed by atoms with Gasteiger partial charge in [0, 0.05) is 12.3 Å². The Bertz CT molecular complexity index is 303. The summed E-state index contributed by atoms with van der Waals surface area (Å²) in [5, 5.41) is 0. The van der Waals surface area contributed by atoms with E-state index < -0.39 is 0 Å². The Morgan fingerprint density at radius 2 is 2.31 bits per heavy atom. The Balaban J connectivity index is 2.25. The van der Waals surface area contributed by atoms with Crippen LogP contribution in [0.15, 0.2) is 18.2 Å². The second-order valence-corrected chi connectivity index (χ2v) is 3.62. The third-order valence-electron chi connectivity index (χ3n) is 2.60. The molecule has 2 heteroatoms. The van der Waals surface area contributed by atoms with Gasteiger partial charge in [0.2, 0.25) is 0 Å². The molecule has 0 aliphatic carbocycles. The molecular formula is C11H15NO. The van der Waals surface area contributed by atoms with Crippen molar-refractivity contribution in [3.05, 3.63) is 29.3 Å². The fourth-order valence-corrected chi connectivity index (χ4v) is 1.70. The highest BCUT2D eigenvalue weighted by Gasteiger charge is 2.17. The van der Waals surface area contributed by atoms with Crippen LogP contribution in [0.3, 0.4) is 0 Å². The Hall–Kier alpha value is -1.02. The molecule has 2 N–H and O–H groups in total. The summed E-state index contributed by atoms with van der Waals surface area (Å²) in [5.41, 5.74) is 9.06. The molecular weight excluding hydrogens is 162 g/mol. The van der Waals surface area contributed by atoms with Gasteiger partial charge in [0.1, 0.15) is 0 Å². The molecule has 2 nitrogen and oxygen atoms in total. The molecule has 0 aromatic heterocycles. The summed E-state index contributed by atoms with van der Waals surface area (Å²) in [7, 11) is 0. The van der Waals surface area contributed by atoms with Gasteiger partial charge in [0.25, 0.3) is 0 Å². The number of anilines is 1. The second-order valence-electron chi connectivity index (χ2n) is 3.62. The van der Waals surface area contributed by atoms with E-state index in [9.17, 15) is 0 Å². The molecule has 0 spiro atoms. The lowest BCUT2D eigenvalue weighted by Gasteiger charge is -2.11. The molecule has 0 saturated carbocycles. The number of aryl methyl sites for hydroxylation is 1. The SMILES string of the molecule is Cc1ccc(C2CCCO2)cc1N. The number of nitrogens with two attached hydrogens (primary N) is 1. The summed E-state index contributed by atoms with van der Waals surface area (Å²) in [4.78, 5) is 0. The van der Waals surface area contributed by atoms with Gasteiger partial charge >= 0.3 is 0 Å². The van der Waals surface area contributed by atoms with Crippen molar-refractivity contribution in [1.82, 2.24) is 0 Å². The van der Waals surface area contributed by atoms with E-state index in [1.807, 2.05) is 13.0 Å². The van der Waals surface area contributed by atoms with Gasteiger partial charge in [-0.15, -0.1) is 0 Å². The van der Waals surface area contributed by atoms with E-state index in [1.165, 1.54) is 12.0 Å². The van der Waals surface area contributed by atoms with Crippen molar-refractivity contribution in [3.63, 3.8) is 0 Å². The summed E-state index contributed by atoms with van der Waals surface area (Å²) in [6, 6.07) is 6.21. The molecule has 1 heterocycles. The molecule has 13 heavy (non-hydrogen) atoms. The van der Waals surface area contributed by atoms with E-state index in [-0.39, 0.29) is 6.10 Å². The number of hydrogen-bond acceptors (Lipinski definition) is 2. The molecule has 1 aliphatic rings. The minimum absolute atomic E-state index is 0.280. The summed E-state index contributed by atoms with van der Waals surface area (Å²) in [6.45, 7) is 2.91. The van der Waals surface area contributed by atoms with Crippen LogP contribution in [0.4, 0.5) is 5.69 Å². The second kappa shape index (κ2) is 3.38. The predicted molar refractivity (Wildman–Crippen MR) is 53.5 cm³/mol. The number of benzene rings is 1. The van der Waals surface area contributed by atoms with Crippen LogP contribution in [0.5, 0.6) is 0 Å². The molecule has 1 aromatic carbocycles. The fraction of sp³-hybridized carbons (Fsp3) is 0.455. The van der Waals surface area contributed by atoms with Gasteiger partial charge in [-0.1, -0.05) is 12.1 Å². The first kappa shape index (κ1) is 8.57. The zero-order valence-corrected chi connectivity index (χ0v) is 7.92. The highest BCUT2D eigenvalue weighted by Crippen LogP contribution is 2.29. The third-order valence-corrected chi connectivity index (χ3v) is 2.60. The first-order valence-electron chi connectivity index (χ1n) is 4.75. The van der Waals surface area contributed by atoms with Gasteiger partial charge < -0.3 is 10.5 Å². The van der Waals surface area contributed by atoms with E-state index in [0.29, 0.717) is 0 Å². The summed E-state index contributed by atoms with van der Waals surface area (Å²) in [5.74, 6) is 0. The van der Waals surface area contributed by atoms with Gasteiger partial charge in [-0.2, -0.15) is 0 Å². The minimum atomic E-state index is 0.280. The highest BCUT2D eigenvalue weighted by atomic mass is 16.5.